The smallest absolute Gasteiger partial charge is 0.137 e. The van der Waals surface area contributed by atoms with Gasteiger partial charge in [-0.1, -0.05) is 140 Å². The van der Waals surface area contributed by atoms with Gasteiger partial charge in [0.2, 0.25) is 0 Å². The predicted octanol–water partition coefficient (Wildman–Crippen LogP) is 14.4. The highest BCUT2D eigenvalue weighted by Crippen LogP contribution is 2.43. The van der Waals surface area contributed by atoms with Crippen LogP contribution in [0.15, 0.2) is 205 Å². The number of fused-ring (bicyclic) bond motifs is 5. The summed E-state index contributed by atoms with van der Waals surface area (Å²) in [5.74, 6) is 0. The summed E-state index contributed by atoms with van der Waals surface area (Å²) >= 11 is 0. The maximum Gasteiger partial charge on any atom is 0.137 e. The first kappa shape index (κ1) is 30.0. The van der Waals surface area contributed by atoms with E-state index in [1.54, 1.807) is 0 Å². The molecule has 2 heteroatoms. The molecule has 1 heterocycles. The summed E-state index contributed by atoms with van der Waals surface area (Å²) in [5, 5.41) is 7.19. The number of furan rings is 1. The molecule has 0 aliphatic heterocycles. The maximum atomic E-state index is 6.33. The number of nitrogens with zero attached hydrogens (tertiary/aromatic N) is 1. The molecule has 1 aromatic heterocycles. The summed E-state index contributed by atoms with van der Waals surface area (Å²) in [6.45, 7) is 0. The number of benzene rings is 9. The van der Waals surface area contributed by atoms with Gasteiger partial charge in [0.15, 0.2) is 0 Å². The number of hydrogen-bond donors (Lipinski definition) is 0. The Morgan fingerprint density at radius 3 is 1.44 bits per heavy atom. The topological polar surface area (TPSA) is 16.4 Å². The molecule has 52 heavy (non-hydrogen) atoms. The van der Waals surface area contributed by atoms with E-state index in [-0.39, 0.29) is 0 Å². The second-order valence-corrected chi connectivity index (χ2v) is 13.4. The minimum absolute atomic E-state index is 0.876. The number of anilines is 3. The summed E-state index contributed by atoms with van der Waals surface area (Å²) in [6.07, 6.45) is 0. The van der Waals surface area contributed by atoms with Crippen LogP contribution in [-0.4, -0.2) is 0 Å². The molecular weight excluding hydrogens is 631 g/mol. The van der Waals surface area contributed by atoms with Crippen molar-refractivity contribution < 1.29 is 4.42 Å². The van der Waals surface area contributed by atoms with Crippen molar-refractivity contribution in [2.75, 3.05) is 4.90 Å². The van der Waals surface area contributed by atoms with Crippen molar-refractivity contribution >= 4 is 60.5 Å². The predicted molar refractivity (Wildman–Crippen MR) is 220 cm³/mol. The van der Waals surface area contributed by atoms with Crippen LogP contribution in [0.2, 0.25) is 0 Å². The van der Waals surface area contributed by atoms with Gasteiger partial charge in [-0.25, -0.2) is 0 Å². The molecule has 0 N–H and O–H groups in total. The van der Waals surface area contributed by atoms with E-state index >= 15 is 0 Å². The van der Waals surface area contributed by atoms with E-state index in [0.29, 0.717) is 0 Å². The number of para-hydroxylation sites is 1. The number of rotatable bonds is 6. The monoisotopic (exact) mass is 663 g/mol. The first-order valence-electron chi connectivity index (χ1n) is 17.7. The molecule has 0 fully saturated rings. The van der Waals surface area contributed by atoms with Gasteiger partial charge in [0.1, 0.15) is 11.2 Å². The van der Waals surface area contributed by atoms with E-state index in [0.717, 1.165) is 39.0 Å². The van der Waals surface area contributed by atoms with E-state index in [4.69, 9.17) is 4.42 Å². The van der Waals surface area contributed by atoms with E-state index in [9.17, 15) is 0 Å². The summed E-state index contributed by atoms with van der Waals surface area (Å²) in [6, 6.07) is 71.7. The standard InChI is InChI=1S/C50H33NO/c1-2-9-34(10-3-1)36-23-27-44(28-24-36)51(47-14-8-16-49-50(47)46-13-6-7-15-48(46)52-49)45-29-25-37(26-30-45)39-19-20-42-33-43(22-21-41(42)32-39)40-18-17-35-11-4-5-12-38(35)31-40/h1-33H. The average molecular weight is 664 g/mol. The van der Waals surface area contributed by atoms with Crippen molar-refractivity contribution in [3.63, 3.8) is 0 Å². The van der Waals surface area contributed by atoms with Crippen LogP contribution in [-0.2, 0) is 0 Å². The summed E-state index contributed by atoms with van der Waals surface area (Å²) in [5.41, 5.74) is 12.2. The van der Waals surface area contributed by atoms with Crippen LogP contribution < -0.4 is 4.90 Å². The zero-order chi connectivity index (χ0) is 34.4. The third kappa shape index (κ3) is 5.30. The lowest BCUT2D eigenvalue weighted by Crippen LogP contribution is -2.10. The van der Waals surface area contributed by atoms with Gasteiger partial charge >= 0.3 is 0 Å². The van der Waals surface area contributed by atoms with Gasteiger partial charge in [-0.3, -0.25) is 0 Å². The largest absolute Gasteiger partial charge is 0.456 e. The van der Waals surface area contributed by atoms with Gasteiger partial charge < -0.3 is 9.32 Å². The lowest BCUT2D eigenvalue weighted by atomic mass is 9.96. The Morgan fingerprint density at radius 2 is 0.769 bits per heavy atom. The highest BCUT2D eigenvalue weighted by Gasteiger charge is 2.19. The quantitative estimate of drug-likeness (QED) is 0.176. The molecule has 0 radical (unpaired) electrons. The van der Waals surface area contributed by atoms with Gasteiger partial charge in [0.05, 0.1) is 11.1 Å². The maximum absolute atomic E-state index is 6.33. The van der Waals surface area contributed by atoms with Crippen molar-refractivity contribution in [2.45, 2.75) is 0 Å². The van der Waals surface area contributed by atoms with Crippen LogP contribution in [0.3, 0.4) is 0 Å². The van der Waals surface area contributed by atoms with Gasteiger partial charge in [0, 0.05) is 16.8 Å². The molecule has 0 bridgehead atoms. The van der Waals surface area contributed by atoms with E-state index in [1.165, 1.54) is 54.9 Å². The number of hydrogen-bond acceptors (Lipinski definition) is 2. The van der Waals surface area contributed by atoms with E-state index in [2.05, 4.69) is 193 Å². The van der Waals surface area contributed by atoms with Gasteiger partial charge in [0.25, 0.3) is 0 Å². The first-order chi connectivity index (χ1) is 25.7. The fraction of sp³-hybridized carbons (Fsp3) is 0. The second kappa shape index (κ2) is 12.5. The summed E-state index contributed by atoms with van der Waals surface area (Å²) in [7, 11) is 0. The molecule has 2 nitrogen and oxygen atoms in total. The van der Waals surface area contributed by atoms with Crippen LogP contribution in [0.1, 0.15) is 0 Å². The fourth-order valence-electron chi connectivity index (χ4n) is 7.58. The van der Waals surface area contributed by atoms with Crippen molar-refractivity contribution in [3.05, 3.63) is 200 Å². The van der Waals surface area contributed by atoms with E-state index in [1.807, 2.05) is 12.1 Å². The minimum atomic E-state index is 0.876. The second-order valence-electron chi connectivity index (χ2n) is 13.4. The van der Waals surface area contributed by atoms with Crippen LogP contribution in [0.5, 0.6) is 0 Å². The molecule has 10 aromatic rings. The zero-order valence-corrected chi connectivity index (χ0v) is 28.4. The molecule has 0 unspecified atom stereocenters. The third-order valence-electron chi connectivity index (χ3n) is 10.2. The SMILES string of the molecule is c1ccc(-c2ccc(N(c3ccc(-c4ccc5cc(-c6ccc7ccccc7c6)ccc5c4)cc3)c3cccc4oc5ccccc5c34)cc2)cc1. The molecule has 0 saturated carbocycles. The molecule has 0 aliphatic carbocycles. The highest BCUT2D eigenvalue weighted by atomic mass is 16.3. The Kier molecular flexibility index (Phi) is 7.18. The molecule has 10 rings (SSSR count). The van der Waals surface area contributed by atoms with Crippen molar-refractivity contribution in [1.29, 1.82) is 0 Å². The van der Waals surface area contributed by atoms with Crippen LogP contribution in [0.25, 0.3) is 76.9 Å². The Balaban J connectivity index is 1.03. The summed E-state index contributed by atoms with van der Waals surface area (Å²) in [4.78, 5) is 2.34. The highest BCUT2D eigenvalue weighted by molar-refractivity contribution is 6.13. The van der Waals surface area contributed by atoms with Crippen molar-refractivity contribution in [2.24, 2.45) is 0 Å². The first-order valence-corrected chi connectivity index (χ1v) is 17.7. The normalized spacial score (nSPS) is 11.5. The molecule has 0 atom stereocenters. The molecule has 0 spiro atoms. The Hall–Kier alpha value is -6.90. The fourth-order valence-corrected chi connectivity index (χ4v) is 7.58. The summed E-state index contributed by atoms with van der Waals surface area (Å²) < 4.78 is 6.33. The molecule has 244 valence electrons. The molecule has 9 aromatic carbocycles. The van der Waals surface area contributed by atoms with Crippen molar-refractivity contribution in [3.8, 4) is 33.4 Å². The van der Waals surface area contributed by atoms with Crippen LogP contribution in [0.4, 0.5) is 17.1 Å². The van der Waals surface area contributed by atoms with Gasteiger partial charge in [-0.15, -0.1) is 0 Å². The van der Waals surface area contributed by atoms with E-state index < -0.39 is 0 Å². The Bertz CT molecular complexity index is 2890. The Morgan fingerprint density at radius 1 is 0.308 bits per heavy atom. The lowest BCUT2D eigenvalue weighted by Gasteiger charge is -2.26. The molecule has 0 saturated heterocycles. The van der Waals surface area contributed by atoms with Crippen molar-refractivity contribution in [1.82, 2.24) is 0 Å². The van der Waals surface area contributed by atoms with Gasteiger partial charge in [-0.05, 0) is 116 Å². The van der Waals surface area contributed by atoms with Crippen LogP contribution >= 0.6 is 0 Å². The third-order valence-corrected chi connectivity index (χ3v) is 10.2. The zero-order valence-electron chi connectivity index (χ0n) is 28.4. The van der Waals surface area contributed by atoms with Crippen LogP contribution in [0, 0.1) is 0 Å². The average Bonchev–Trinajstić information content (AvgIpc) is 3.61. The molecule has 0 aliphatic rings. The Labute approximate surface area is 302 Å². The molecule has 0 amide bonds. The minimum Gasteiger partial charge on any atom is -0.456 e. The lowest BCUT2D eigenvalue weighted by molar-refractivity contribution is 0.669. The van der Waals surface area contributed by atoms with Gasteiger partial charge in [-0.2, -0.15) is 0 Å². The molecular formula is C50H33NO.